The smallest absolute Gasteiger partial charge is 0.312 e. The predicted molar refractivity (Wildman–Crippen MR) is 104 cm³/mol. The third-order valence-electron chi connectivity index (χ3n) is 4.74. The highest BCUT2D eigenvalue weighted by atomic mass is 16.3. The molecule has 1 saturated heterocycles. The molecular formula is C21H25N3O3. The van der Waals surface area contributed by atoms with Crippen LogP contribution in [0, 0.1) is 0 Å². The van der Waals surface area contributed by atoms with E-state index in [1.54, 1.807) is 4.90 Å². The Morgan fingerprint density at radius 3 is 2.07 bits per heavy atom. The van der Waals surface area contributed by atoms with Gasteiger partial charge in [-0.3, -0.25) is 9.59 Å². The third-order valence-corrected chi connectivity index (χ3v) is 4.74. The number of carbonyl (C=O) groups excluding carboxylic acids is 2. The van der Waals surface area contributed by atoms with Crippen LogP contribution in [0.4, 0.5) is 5.69 Å². The van der Waals surface area contributed by atoms with Crippen LogP contribution in [0.3, 0.4) is 0 Å². The standard InChI is InChI=1S/C21H25N3O3/c25-16-15-24(17-18-7-3-1-4-8-18)21(27)20(26)23-13-11-22(12-14-23)19-9-5-2-6-10-19/h1-10,25H,11-17H2. The summed E-state index contributed by atoms with van der Waals surface area (Å²) >= 11 is 0. The maximum atomic E-state index is 12.7. The van der Waals surface area contributed by atoms with Crippen molar-refractivity contribution in [2.45, 2.75) is 6.54 Å². The second kappa shape index (κ2) is 9.19. The lowest BCUT2D eigenvalue weighted by molar-refractivity contribution is -0.152. The lowest BCUT2D eigenvalue weighted by Gasteiger charge is -2.36. The van der Waals surface area contributed by atoms with Crippen LogP contribution >= 0.6 is 0 Å². The van der Waals surface area contributed by atoms with Crippen molar-refractivity contribution in [2.75, 3.05) is 44.2 Å². The van der Waals surface area contributed by atoms with E-state index in [2.05, 4.69) is 4.90 Å². The van der Waals surface area contributed by atoms with Gasteiger partial charge in [-0.2, -0.15) is 0 Å². The van der Waals surface area contributed by atoms with Crippen molar-refractivity contribution < 1.29 is 14.7 Å². The Morgan fingerprint density at radius 2 is 1.48 bits per heavy atom. The number of aliphatic hydroxyl groups excluding tert-OH is 1. The molecule has 1 heterocycles. The Balaban J connectivity index is 1.59. The van der Waals surface area contributed by atoms with Crippen LogP contribution < -0.4 is 4.90 Å². The number of rotatable bonds is 5. The highest BCUT2D eigenvalue weighted by Crippen LogP contribution is 2.16. The van der Waals surface area contributed by atoms with Gasteiger partial charge in [-0.05, 0) is 17.7 Å². The summed E-state index contributed by atoms with van der Waals surface area (Å²) in [6.07, 6.45) is 0. The SMILES string of the molecule is O=C(C(=O)N(CCO)Cc1ccccc1)N1CCN(c2ccccc2)CC1. The molecule has 0 atom stereocenters. The summed E-state index contributed by atoms with van der Waals surface area (Å²) in [6.45, 7) is 2.70. The molecule has 0 saturated carbocycles. The topological polar surface area (TPSA) is 64.1 Å². The molecule has 1 aliphatic heterocycles. The molecule has 2 aromatic rings. The molecule has 3 rings (SSSR count). The number of carbonyl (C=O) groups is 2. The first-order chi connectivity index (χ1) is 13.2. The van der Waals surface area contributed by atoms with Gasteiger partial charge in [-0.15, -0.1) is 0 Å². The van der Waals surface area contributed by atoms with Crippen molar-refractivity contribution in [3.05, 3.63) is 66.2 Å². The maximum absolute atomic E-state index is 12.7. The van der Waals surface area contributed by atoms with Crippen molar-refractivity contribution in [2.24, 2.45) is 0 Å². The minimum Gasteiger partial charge on any atom is -0.395 e. The minimum atomic E-state index is -0.555. The number of hydrogen-bond donors (Lipinski definition) is 1. The number of anilines is 1. The first-order valence-corrected chi connectivity index (χ1v) is 9.22. The number of para-hydroxylation sites is 1. The minimum absolute atomic E-state index is 0.142. The predicted octanol–water partition coefficient (Wildman–Crippen LogP) is 1.36. The lowest BCUT2D eigenvalue weighted by atomic mass is 10.2. The summed E-state index contributed by atoms with van der Waals surface area (Å²) in [5.41, 5.74) is 2.06. The van der Waals surface area contributed by atoms with E-state index in [9.17, 15) is 14.7 Å². The second-order valence-electron chi connectivity index (χ2n) is 6.55. The van der Waals surface area contributed by atoms with Crippen molar-refractivity contribution in [1.29, 1.82) is 0 Å². The van der Waals surface area contributed by atoms with Gasteiger partial charge in [-0.25, -0.2) is 0 Å². The van der Waals surface area contributed by atoms with E-state index in [1.807, 2.05) is 60.7 Å². The van der Waals surface area contributed by atoms with Crippen LogP contribution in [-0.2, 0) is 16.1 Å². The third kappa shape index (κ3) is 4.86. The van der Waals surface area contributed by atoms with E-state index < -0.39 is 11.8 Å². The van der Waals surface area contributed by atoms with Gasteiger partial charge in [0.2, 0.25) is 0 Å². The first-order valence-electron chi connectivity index (χ1n) is 9.22. The molecule has 2 aromatic carbocycles. The molecule has 0 aliphatic carbocycles. The Morgan fingerprint density at radius 1 is 0.889 bits per heavy atom. The Hall–Kier alpha value is -2.86. The lowest BCUT2D eigenvalue weighted by Crippen LogP contribution is -2.53. The molecule has 2 amide bonds. The van der Waals surface area contributed by atoms with E-state index in [0.29, 0.717) is 32.7 Å². The van der Waals surface area contributed by atoms with Crippen molar-refractivity contribution in [1.82, 2.24) is 9.80 Å². The quantitative estimate of drug-likeness (QED) is 0.811. The Kier molecular flexibility index (Phi) is 6.44. The summed E-state index contributed by atoms with van der Waals surface area (Å²) in [5.74, 6) is -1.05. The molecule has 0 aromatic heterocycles. The van der Waals surface area contributed by atoms with E-state index in [4.69, 9.17) is 0 Å². The van der Waals surface area contributed by atoms with Crippen LogP contribution in [0.1, 0.15) is 5.56 Å². The molecule has 1 N–H and O–H groups in total. The zero-order valence-electron chi connectivity index (χ0n) is 15.3. The highest BCUT2D eigenvalue weighted by Gasteiger charge is 2.29. The van der Waals surface area contributed by atoms with Crippen molar-refractivity contribution in [3.63, 3.8) is 0 Å². The molecule has 0 spiro atoms. The van der Waals surface area contributed by atoms with Gasteiger partial charge in [0.25, 0.3) is 0 Å². The van der Waals surface area contributed by atoms with Crippen LogP contribution in [0.25, 0.3) is 0 Å². The van der Waals surface area contributed by atoms with Gasteiger partial charge in [0.15, 0.2) is 0 Å². The van der Waals surface area contributed by atoms with E-state index in [0.717, 1.165) is 11.3 Å². The van der Waals surface area contributed by atoms with Gasteiger partial charge < -0.3 is 19.8 Å². The summed E-state index contributed by atoms with van der Waals surface area (Å²) in [4.78, 5) is 30.6. The maximum Gasteiger partial charge on any atom is 0.312 e. The van der Waals surface area contributed by atoms with Gasteiger partial charge in [0.1, 0.15) is 0 Å². The molecule has 0 bridgehead atoms. The molecule has 0 radical (unpaired) electrons. The average Bonchev–Trinajstić information content (AvgIpc) is 2.74. The first kappa shape index (κ1) is 18.9. The number of nitrogens with zero attached hydrogens (tertiary/aromatic N) is 3. The molecule has 27 heavy (non-hydrogen) atoms. The monoisotopic (exact) mass is 367 g/mol. The number of hydrogen-bond acceptors (Lipinski definition) is 4. The number of aliphatic hydroxyl groups is 1. The van der Waals surface area contributed by atoms with Gasteiger partial charge in [0, 0.05) is 45.0 Å². The largest absolute Gasteiger partial charge is 0.395 e. The fourth-order valence-corrected chi connectivity index (χ4v) is 3.25. The van der Waals surface area contributed by atoms with Crippen LogP contribution in [0.2, 0.25) is 0 Å². The second-order valence-corrected chi connectivity index (χ2v) is 6.55. The zero-order valence-corrected chi connectivity index (χ0v) is 15.3. The van der Waals surface area contributed by atoms with Crippen molar-refractivity contribution in [3.8, 4) is 0 Å². The Bertz CT molecular complexity index is 744. The van der Waals surface area contributed by atoms with Gasteiger partial charge >= 0.3 is 11.8 Å². The molecule has 142 valence electrons. The van der Waals surface area contributed by atoms with Crippen molar-refractivity contribution >= 4 is 17.5 Å². The normalized spacial score (nSPS) is 14.1. The van der Waals surface area contributed by atoms with E-state index >= 15 is 0 Å². The van der Waals surface area contributed by atoms with Gasteiger partial charge in [0.05, 0.1) is 6.61 Å². The fraction of sp³-hybridized carbons (Fsp3) is 0.333. The molecule has 6 heteroatoms. The number of benzene rings is 2. The average molecular weight is 367 g/mol. The van der Waals surface area contributed by atoms with Crippen LogP contribution in [0.15, 0.2) is 60.7 Å². The fourth-order valence-electron chi connectivity index (χ4n) is 3.25. The summed E-state index contributed by atoms with van der Waals surface area (Å²) in [6, 6.07) is 19.5. The molecule has 6 nitrogen and oxygen atoms in total. The van der Waals surface area contributed by atoms with Crippen LogP contribution in [-0.4, -0.2) is 66.1 Å². The Labute approximate surface area is 159 Å². The zero-order chi connectivity index (χ0) is 19.1. The number of piperazine rings is 1. The molecular weight excluding hydrogens is 342 g/mol. The molecule has 0 unspecified atom stereocenters. The van der Waals surface area contributed by atoms with E-state index in [-0.39, 0.29) is 13.2 Å². The molecule has 1 fully saturated rings. The van der Waals surface area contributed by atoms with Crippen LogP contribution in [0.5, 0.6) is 0 Å². The highest BCUT2D eigenvalue weighted by molar-refractivity contribution is 6.34. The summed E-state index contributed by atoms with van der Waals surface area (Å²) < 4.78 is 0. The van der Waals surface area contributed by atoms with Gasteiger partial charge in [-0.1, -0.05) is 48.5 Å². The van der Waals surface area contributed by atoms with E-state index in [1.165, 1.54) is 4.90 Å². The number of amides is 2. The summed E-state index contributed by atoms with van der Waals surface area (Å²) in [5, 5.41) is 9.29. The molecule has 1 aliphatic rings. The summed E-state index contributed by atoms with van der Waals surface area (Å²) in [7, 11) is 0.